The van der Waals surface area contributed by atoms with Crippen LogP contribution in [0.1, 0.15) is 12.0 Å². The molecule has 0 fully saturated rings. The molecule has 0 saturated carbocycles. The minimum absolute atomic E-state index is 0.201. The first-order valence-corrected chi connectivity index (χ1v) is 7.53. The van der Waals surface area contributed by atoms with E-state index in [4.69, 9.17) is 15.9 Å². The van der Waals surface area contributed by atoms with Gasteiger partial charge in [-0.2, -0.15) is 0 Å². The van der Waals surface area contributed by atoms with Gasteiger partial charge in [0.2, 0.25) is 0 Å². The minimum atomic E-state index is -0.940. The third-order valence-electron chi connectivity index (χ3n) is 3.75. The SMILES string of the molecule is C#CC(CCn1ccc(=O)[nH]c1=O)(COCc1ccccc1)OC. The Bertz CT molecular complexity index is 804. The van der Waals surface area contributed by atoms with Crippen molar-refractivity contribution in [3.05, 3.63) is 69.0 Å². The zero-order valence-corrected chi connectivity index (χ0v) is 13.5. The van der Waals surface area contributed by atoms with E-state index in [-0.39, 0.29) is 6.61 Å². The Morgan fingerprint density at radius 3 is 2.62 bits per heavy atom. The molecule has 1 aromatic heterocycles. The van der Waals surface area contributed by atoms with Crippen molar-refractivity contribution in [2.24, 2.45) is 0 Å². The van der Waals surface area contributed by atoms with Crippen molar-refractivity contribution in [2.75, 3.05) is 13.7 Å². The van der Waals surface area contributed by atoms with Gasteiger partial charge in [0, 0.05) is 32.3 Å². The molecule has 126 valence electrons. The van der Waals surface area contributed by atoms with Crippen molar-refractivity contribution in [2.45, 2.75) is 25.2 Å². The van der Waals surface area contributed by atoms with Crippen LogP contribution in [0.4, 0.5) is 0 Å². The van der Waals surface area contributed by atoms with Crippen LogP contribution in [0.3, 0.4) is 0 Å². The van der Waals surface area contributed by atoms with Gasteiger partial charge in [-0.3, -0.25) is 9.78 Å². The van der Waals surface area contributed by atoms with Crippen molar-refractivity contribution in [1.82, 2.24) is 9.55 Å². The van der Waals surface area contributed by atoms with Gasteiger partial charge in [0.05, 0.1) is 13.2 Å². The fourth-order valence-corrected chi connectivity index (χ4v) is 2.24. The third kappa shape index (κ3) is 4.69. The number of ether oxygens (including phenoxy) is 2. The Morgan fingerprint density at radius 2 is 2.00 bits per heavy atom. The molecular formula is C18H20N2O4. The second-order valence-electron chi connectivity index (χ2n) is 5.37. The first-order valence-electron chi connectivity index (χ1n) is 7.53. The van der Waals surface area contributed by atoms with Gasteiger partial charge in [-0.05, 0) is 5.56 Å². The maximum absolute atomic E-state index is 11.7. The molecule has 1 heterocycles. The number of hydrogen-bond donors (Lipinski definition) is 1. The van der Waals surface area contributed by atoms with Crippen LogP contribution >= 0.6 is 0 Å². The molecule has 2 rings (SSSR count). The molecule has 24 heavy (non-hydrogen) atoms. The van der Waals surface area contributed by atoms with Gasteiger partial charge in [-0.1, -0.05) is 36.3 Å². The summed E-state index contributed by atoms with van der Waals surface area (Å²) in [6, 6.07) is 11.0. The monoisotopic (exact) mass is 328 g/mol. The summed E-state index contributed by atoms with van der Waals surface area (Å²) in [4.78, 5) is 25.0. The number of H-pyrrole nitrogens is 1. The molecule has 6 heteroatoms. The van der Waals surface area contributed by atoms with Crippen molar-refractivity contribution < 1.29 is 9.47 Å². The number of aromatic amines is 1. The van der Waals surface area contributed by atoms with Gasteiger partial charge >= 0.3 is 5.69 Å². The van der Waals surface area contributed by atoms with Crippen molar-refractivity contribution in [3.63, 3.8) is 0 Å². The Labute approximate surface area is 140 Å². The summed E-state index contributed by atoms with van der Waals surface area (Å²) in [6.45, 7) is 0.932. The van der Waals surface area contributed by atoms with E-state index in [9.17, 15) is 9.59 Å². The quantitative estimate of drug-likeness (QED) is 0.738. The highest BCUT2D eigenvalue weighted by Gasteiger charge is 2.27. The fraction of sp³-hybridized carbons (Fsp3) is 0.333. The number of nitrogens with zero attached hydrogens (tertiary/aromatic N) is 1. The maximum Gasteiger partial charge on any atom is 0.328 e. The number of terminal acetylenes is 1. The van der Waals surface area contributed by atoms with E-state index in [0.29, 0.717) is 19.6 Å². The molecule has 0 aliphatic rings. The average molecular weight is 328 g/mol. The topological polar surface area (TPSA) is 73.3 Å². The lowest BCUT2D eigenvalue weighted by atomic mass is 10.0. The second kappa shape index (κ2) is 8.29. The van der Waals surface area contributed by atoms with E-state index in [1.165, 1.54) is 23.9 Å². The summed E-state index contributed by atoms with van der Waals surface area (Å²) >= 11 is 0. The number of nitrogens with one attached hydrogen (secondary N) is 1. The van der Waals surface area contributed by atoms with Crippen molar-refractivity contribution in [3.8, 4) is 12.3 Å². The number of hydrogen-bond acceptors (Lipinski definition) is 4. The highest BCUT2D eigenvalue weighted by Crippen LogP contribution is 2.17. The van der Waals surface area contributed by atoms with Crippen LogP contribution in [0.15, 0.2) is 52.2 Å². The summed E-state index contributed by atoms with van der Waals surface area (Å²) < 4.78 is 12.5. The third-order valence-corrected chi connectivity index (χ3v) is 3.75. The van der Waals surface area contributed by atoms with Crippen molar-refractivity contribution >= 4 is 0 Å². The lowest BCUT2D eigenvalue weighted by Gasteiger charge is -2.27. The van der Waals surface area contributed by atoms with Crippen LogP contribution in [0.2, 0.25) is 0 Å². The molecule has 0 amide bonds. The van der Waals surface area contributed by atoms with Gasteiger partial charge in [0.25, 0.3) is 5.56 Å². The smallest absolute Gasteiger partial charge is 0.328 e. The zero-order chi connectivity index (χ0) is 17.4. The molecule has 0 aliphatic carbocycles. The fourth-order valence-electron chi connectivity index (χ4n) is 2.24. The molecular weight excluding hydrogens is 308 g/mol. The molecule has 0 aliphatic heterocycles. The predicted molar refractivity (Wildman–Crippen MR) is 90.6 cm³/mol. The normalized spacial score (nSPS) is 13.2. The van der Waals surface area contributed by atoms with E-state index < -0.39 is 16.9 Å². The molecule has 1 aromatic carbocycles. The van der Waals surface area contributed by atoms with Crippen LogP contribution in [0, 0.1) is 12.3 Å². The zero-order valence-electron chi connectivity index (χ0n) is 13.5. The molecule has 0 spiro atoms. The minimum Gasteiger partial charge on any atom is -0.373 e. The number of aromatic nitrogens is 2. The first kappa shape index (κ1) is 17.7. The van der Waals surface area contributed by atoms with Crippen LogP contribution in [-0.2, 0) is 22.6 Å². The van der Waals surface area contributed by atoms with E-state index in [2.05, 4.69) is 10.9 Å². The van der Waals surface area contributed by atoms with Crippen molar-refractivity contribution in [1.29, 1.82) is 0 Å². The first-order chi connectivity index (χ1) is 11.6. The van der Waals surface area contributed by atoms with Crippen LogP contribution in [0.5, 0.6) is 0 Å². The highest BCUT2D eigenvalue weighted by atomic mass is 16.5. The molecule has 6 nitrogen and oxygen atoms in total. The van der Waals surface area contributed by atoms with Gasteiger partial charge in [-0.15, -0.1) is 6.42 Å². The molecule has 1 atom stereocenters. The molecule has 1 N–H and O–H groups in total. The summed E-state index contributed by atoms with van der Waals surface area (Å²) in [5.74, 6) is 2.62. The van der Waals surface area contributed by atoms with Gasteiger partial charge in [0.1, 0.15) is 0 Å². The molecule has 2 aromatic rings. The van der Waals surface area contributed by atoms with E-state index in [1.54, 1.807) is 0 Å². The Balaban J connectivity index is 1.98. The number of methoxy groups -OCH3 is 1. The Hall–Kier alpha value is -2.62. The van der Waals surface area contributed by atoms with Crippen LogP contribution < -0.4 is 11.2 Å². The van der Waals surface area contributed by atoms with E-state index in [1.807, 2.05) is 30.3 Å². The van der Waals surface area contributed by atoms with Crippen LogP contribution in [0.25, 0.3) is 0 Å². The number of aryl methyl sites for hydroxylation is 1. The summed E-state index contributed by atoms with van der Waals surface area (Å²) in [7, 11) is 1.52. The largest absolute Gasteiger partial charge is 0.373 e. The lowest BCUT2D eigenvalue weighted by molar-refractivity contribution is -0.0485. The summed E-state index contributed by atoms with van der Waals surface area (Å²) in [6.07, 6.45) is 7.43. The Kier molecular flexibility index (Phi) is 6.13. The molecule has 0 bridgehead atoms. The molecule has 0 radical (unpaired) electrons. The number of benzene rings is 1. The summed E-state index contributed by atoms with van der Waals surface area (Å²) in [5.41, 5.74) is -0.812. The average Bonchev–Trinajstić information content (AvgIpc) is 2.60. The van der Waals surface area contributed by atoms with E-state index in [0.717, 1.165) is 5.56 Å². The highest BCUT2D eigenvalue weighted by molar-refractivity contribution is 5.14. The Morgan fingerprint density at radius 1 is 1.25 bits per heavy atom. The predicted octanol–water partition coefficient (Wildman–Crippen LogP) is 1.16. The maximum atomic E-state index is 11.7. The lowest BCUT2D eigenvalue weighted by Crippen LogP contribution is -2.38. The van der Waals surface area contributed by atoms with E-state index >= 15 is 0 Å². The van der Waals surface area contributed by atoms with Gasteiger partial charge in [0.15, 0.2) is 5.60 Å². The van der Waals surface area contributed by atoms with Crippen LogP contribution in [-0.4, -0.2) is 28.9 Å². The molecule has 0 saturated heterocycles. The summed E-state index contributed by atoms with van der Waals surface area (Å²) in [5, 5.41) is 0. The van der Waals surface area contributed by atoms with Gasteiger partial charge < -0.3 is 14.0 Å². The molecule has 1 unspecified atom stereocenters. The van der Waals surface area contributed by atoms with Gasteiger partial charge in [-0.25, -0.2) is 4.79 Å². The second-order valence-corrected chi connectivity index (χ2v) is 5.37. The standard InChI is InChI=1S/C18H20N2O4/c1-3-18(23-2,14-24-13-15-7-5-4-6-8-15)10-12-20-11-9-16(21)19-17(20)22/h1,4-9,11H,10,12-14H2,2H3,(H,19,21,22). The number of rotatable bonds is 8.